The molecule has 3 nitrogen and oxygen atoms in total. The third kappa shape index (κ3) is 4.60. The van der Waals surface area contributed by atoms with E-state index in [2.05, 4.69) is 42.2 Å². The lowest BCUT2D eigenvalue weighted by Gasteiger charge is -2.06. The number of carbonyl (C=O) groups excluding carboxylic acids is 1. The minimum atomic E-state index is -0.0137. The largest absolute Gasteiger partial charge is 0.325 e. The summed E-state index contributed by atoms with van der Waals surface area (Å²) in [6.07, 6.45) is 0. The molecule has 1 N–H and O–H groups in total. The van der Waals surface area contributed by atoms with Crippen molar-refractivity contribution in [3.8, 4) is 0 Å². The number of thioether (sulfide) groups is 2. The van der Waals surface area contributed by atoms with E-state index in [9.17, 15) is 4.79 Å². The first-order valence-electron chi connectivity index (χ1n) is 5.19. The van der Waals surface area contributed by atoms with E-state index < -0.39 is 0 Å². The van der Waals surface area contributed by atoms with Gasteiger partial charge in [-0.15, -0.1) is 0 Å². The summed E-state index contributed by atoms with van der Waals surface area (Å²) in [6.45, 7) is 0.868. The van der Waals surface area contributed by atoms with Crippen LogP contribution < -0.4 is 5.32 Å². The van der Waals surface area contributed by atoms with Gasteiger partial charge in [0, 0.05) is 20.4 Å². The number of anilines is 1. The van der Waals surface area contributed by atoms with Crippen LogP contribution in [0.3, 0.4) is 0 Å². The van der Waals surface area contributed by atoms with E-state index in [1.807, 2.05) is 18.2 Å². The molecule has 1 aromatic carbocycles. The Morgan fingerprint density at radius 1 is 1.39 bits per heavy atom. The Morgan fingerprint density at radius 2 is 2.11 bits per heavy atom. The van der Waals surface area contributed by atoms with E-state index in [-0.39, 0.29) is 5.91 Å². The number of carbonyl (C=O) groups is 1. The molecular formula is C11H10Br2N2OS2. The second kappa shape index (κ2) is 6.98. The van der Waals surface area contributed by atoms with Gasteiger partial charge in [-0.1, -0.05) is 55.4 Å². The number of benzene rings is 1. The molecule has 0 aromatic heterocycles. The average Bonchev–Trinajstić information content (AvgIpc) is 2.77. The molecule has 1 amide bonds. The maximum atomic E-state index is 11.8. The molecule has 1 aliphatic rings. The van der Waals surface area contributed by atoms with Crippen LogP contribution in [0.5, 0.6) is 0 Å². The average molecular weight is 410 g/mol. The smallest absolute Gasteiger partial charge is 0.234 e. The van der Waals surface area contributed by atoms with E-state index in [4.69, 9.17) is 0 Å². The summed E-state index contributed by atoms with van der Waals surface area (Å²) in [6, 6.07) is 5.67. The highest BCUT2D eigenvalue weighted by molar-refractivity contribution is 9.11. The first-order chi connectivity index (χ1) is 8.63. The second-order valence-electron chi connectivity index (χ2n) is 3.49. The van der Waals surface area contributed by atoms with E-state index in [1.165, 1.54) is 11.8 Å². The minimum Gasteiger partial charge on any atom is -0.325 e. The fraction of sp³-hybridized carbons (Fsp3) is 0.273. The highest BCUT2D eigenvalue weighted by atomic mass is 79.9. The Hall–Kier alpha value is 0.0200. The van der Waals surface area contributed by atoms with Gasteiger partial charge >= 0.3 is 0 Å². The van der Waals surface area contributed by atoms with Crippen LogP contribution in [0.1, 0.15) is 0 Å². The first kappa shape index (κ1) is 14.4. The molecule has 0 atom stereocenters. The zero-order chi connectivity index (χ0) is 13.0. The molecule has 0 fully saturated rings. The molecule has 0 unspecified atom stereocenters. The second-order valence-corrected chi connectivity index (χ2v) is 7.63. The van der Waals surface area contributed by atoms with Crippen LogP contribution >= 0.6 is 55.4 Å². The van der Waals surface area contributed by atoms with Crippen LogP contribution in [0.25, 0.3) is 0 Å². The van der Waals surface area contributed by atoms with Crippen molar-refractivity contribution in [2.75, 3.05) is 23.4 Å². The summed E-state index contributed by atoms with van der Waals surface area (Å²) in [5.41, 5.74) is 0.780. The van der Waals surface area contributed by atoms with Crippen molar-refractivity contribution in [2.24, 2.45) is 4.99 Å². The molecule has 0 saturated heterocycles. The van der Waals surface area contributed by atoms with Gasteiger partial charge in [0.1, 0.15) is 4.38 Å². The summed E-state index contributed by atoms with van der Waals surface area (Å²) >= 11 is 9.98. The highest BCUT2D eigenvalue weighted by Crippen LogP contribution is 2.24. The number of hydrogen-bond acceptors (Lipinski definition) is 4. The van der Waals surface area contributed by atoms with Crippen molar-refractivity contribution in [2.45, 2.75) is 0 Å². The van der Waals surface area contributed by atoms with Crippen molar-refractivity contribution in [1.82, 2.24) is 0 Å². The number of amides is 1. The van der Waals surface area contributed by atoms with Gasteiger partial charge in [0.15, 0.2) is 0 Å². The summed E-state index contributed by atoms with van der Waals surface area (Å²) in [5.74, 6) is 1.42. The topological polar surface area (TPSA) is 41.5 Å². The molecule has 1 heterocycles. The third-order valence-corrected chi connectivity index (χ3v) is 5.20. The van der Waals surface area contributed by atoms with Crippen LogP contribution in [0.4, 0.5) is 5.69 Å². The molecule has 96 valence electrons. The number of aliphatic imine (C=N–C) groups is 1. The quantitative estimate of drug-likeness (QED) is 0.820. The van der Waals surface area contributed by atoms with E-state index in [0.717, 1.165) is 31.3 Å². The molecule has 1 aromatic rings. The number of nitrogens with one attached hydrogen (secondary N) is 1. The van der Waals surface area contributed by atoms with Gasteiger partial charge in [0.2, 0.25) is 5.91 Å². The Kier molecular flexibility index (Phi) is 5.59. The molecule has 0 spiro atoms. The summed E-state index contributed by atoms with van der Waals surface area (Å²) in [7, 11) is 0. The van der Waals surface area contributed by atoms with Crippen LogP contribution in [0, 0.1) is 0 Å². The Morgan fingerprint density at radius 3 is 2.72 bits per heavy atom. The van der Waals surface area contributed by atoms with Gasteiger partial charge < -0.3 is 5.32 Å². The van der Waals surface area contributed by atoms with Crippen molar-refractivity contribution < 1.29 is 4.79 Å². The molecule has 0 saturated carbocycles. The Balaban J connectivity index is 1.86. The molecule has 2 rings (SSSR count). The lowest BCUT2D eigenvalue weighted by atomic mass is 10.3. The van der Waals surface area contributed by atoms with Gasteiger partial charge in [-0.25, -0.2) is 0 Å². The number of nitrogens with zero attached hydrogens (tertiary/aromatic N) is 1. The summed E-state index contributed by atoms with van der Waals surface area (Å²) < 4.78 is 2.87. The lowest BCUT2D eigenvalue weighted by Crippen LogP contribution is -2.14. The predicted molar refractivity (Wildman–Crippen MR) is 87.7 cm³/mol. The van der Waals surface area contributed by atoms with Crippen LogP contribution in [0.15, 0.2) is 32.1 Å². The lowest BCUT2D eigenvalue weighted by molar-refractivity contribution is -0.113. The molecule has 0 radical (unpaired) electrons. The van der Waals surface area contributed by atoms with Crippen molar-refractivity contribution >= 4 is 71.4 Å². The Bertz CT molecular complexity index is 474. The molecule has 18 heavy (non-hydrogen) atoms. The van der Waals surface area contributed by atoms with E-state index in [1.54, 1.807) is 11.8 Å². The standard InChI is InChI=1S/C11H10Br2N2OS2/c12-7-3-8(13)5-9(4-7)15-10(16)6-18-11-14-1-2-17-11/h3-5H,1-2,6H2,(H,15,16). The van der Waals surface area contributed by atoms with Gasteiger partial charge in [-0.3, -0.25) is 9.79 Å². The number of halogens is 2. The monoisotopic (exact) mass is 408 g/mol. The van der Waals surface area contributed by atoms with Gasteiger partial charge in [0.05, 0.1) is 12.3 Å². The maximum Gasteiger partial charge on any atom is 0.234 e. The van der Waals surface area contributed by atoms with Crippen LogP contribution in [-0.2, 0) is 4.79 Å². The van der Waals surface area contributed by atoms with Crippen molar-refractivity contribution in [1.29, 1.82) is 0 Å². The number of hydrogen-bond donors (Lipinski definition) is 1. The summed E-state index contributed by atoms with van der Waals surface area (Å²) in [4.78, 5) is 16.1. The molecular weight excluding hydrogens is 400 g/mol. The van der Waals surface area contributed by atoms with Crippen LogP contribution in [0.2, 0.25) is 0 Å². The SMILES string of the molecule is O=C(CSC1=NCCS1)Nc1cc(Br)cc(Br)c1. The molecule has 1 aliphatic heterocycles. The fourth-order valence-corrected chi connectivity index (χ4v) is 4.46. The van der Waals surface area contributed by atoms with Crippen LogP contribution in [-0.4, -0.2) is 28.3 Å². The van der Waals surface area contributed by atoms with Gasteiger partial charge in [-0.2, -0.15) is 0 Å². The maximum absolute atomic E-state index is 11.8. The third-order valence-electron chi connectivity index (χ3n) is 2.03. The van der Waals surface area contributed by atoms with Gasteiger partial charge in [0.25, 0.3) is 0 Å². The van der Waals surface area contributed by atoms with Crippen molar-refractivity contribution in [3.05, 3.63) is 27.1 Å². The molecule has 0 aliphatic carbocycles. The normalized spacial score (nSPS) is 14.4. The Labute approximate surface area is 131 Å². The minimum absolute atomic E-state index is 0.0137. The highest BCUT2D eigenvalue weighted by Gasteiger charge is 2.10. The number of rotatable bonds is 3. The summed E-state index contributed by atoms with van der Waals surface area (Å²) in [5, 5.41) is 2.86. The first-order valence-corrected chi connectivity index (χ1v) is 8.75. The van der Waals surface area contributed by atoms with E-state index >= 15 is 0 Å². The fourth-order valence-electron chi connectivity index (χ4n) is 1.35. The predicted octanol–water partition coefficient (Wildman–Crippen LogP) is 3.99. The van der Waals surface area contributed by atoms with Crippen molar-refractivity contribution in [3.63, 3.8) is 0 Å². The molecule has 7 heteroatoms. The molecule has 0 bridgehead atoms. The van der Waals surface area contributed by atoms with Gasteiger partial charge in [-0.05, 0) is 18.2 Å². The zero-order valence-corrected chi connectivity index (χ0v) is 14.1. The zero-order valence-electron chi connectivity index (χ0n) is 9.28. The van der Waals surface area contributed by atoms with E-state index in [0.29, 0.717) is 5.75 Å².